The summed E-state index contributed by atoms with van der Waals surface area (Å²) in [7, 11) is 0. The Morgan fingerprint density at radius 1 is 1.21 bits per heavy atom. The number of rotatable bonds is 6. The number of hydrogen-bond donors (Lipinski definition) is 1. The molecule has 2 rings (SSSR count). The molecule has 0 fully saturated rings. The number of halogens is 7. The summed E-state index contributed by atoms with van der Waals surface area (Å²) in [6.07, 6.45) is -4.60. The zero-order valence-corrected chi connectivity index (χ0v) is 16.8. The molecular weight excluding hydrogens is 432 g/mol. The summed E-state index contributed by atoms with van der Waals surface area (Å²) in [4.78, 5) is 0. The Morgan fingerprint density at radius 2 is 1.86 bits per heavy atom. The molecular formula is C21H18Cl2F5N. The zero-order valence-electron chi connectivity index (χ0n) is 15.3. The van der Waals surface area contributed by atoms with Gasteiger partial charge in [-0.2, -0.15) is 13.2 Å². The van der Waals surface area contributed by atoms with Gasteiger partial charge in [0.15, 0.2) is 0 Å². The van der Waals surface area contributed by atoms with E-state index in [-0.39, 0.29) is 33.3 Å². The Balaban J connectivity index is 2.57. The first-order valence-corrected chi connectivity index (χ1v) is 9.25. The van der Waals surface area contributed by atoms with Gasteiger partial charge in [0.1, 0.15) is 17.9 Å². The van der Waals surface area contributed by atoms with Gasteiger partial charge in [0, 0.05) is 12.1 Å². The molecule has 0 saturated carbocycles. The van der Waals surface area contributed by atoms with Gasteiger partial charge in [-0.25, -0.2) is 8.78 Å². The van der Waals surface area contributed by atoms with Crippen molar-refractivity contribution in [2.24, 2.45) is 5.73 Å². The molecule has 2 aromatic carbocycles. The van der Waals surface area contributed by atoms with E-state index in [9.17, 15) is 22.0 Å². The lowest BCUT2D eigenvalue weighted by Crippen LogP contribution is -2.19. The van der Waals surface area contributed by atoms with E-state index in [1.54, 1.807) is 0 Å². The maximum absolute atomic E-state index is 14.8. The van der Waals surface area contributed by atoms with E-state index >= 15 is 0 Å². The van der Waals surface area contributed by atoms with Gasteiger partial charge in [-0.1, -0.05) is 54.1 Å². The smallest absolute Gasteiger partial charge is 0.327 e. The highest BCUT2D eigenvalue weighted by atomic mass is 35.5. The largest absolute Gasteiger partial charge is 0.399 e. The molecule has 156 valence electrons. The Hall–Kier alpha value is -1.89. The first-order chi connectivity index (χ1) is 13.5. The van der Waals surface area contributed by atoms with Gasteiger partial charge in [-0.15, -0.1) is 0 Å². The van der Waals surface area contributed by atoms with Gasteiger partial charge in [-0.05, 0) is 47.4 Å². The summed E-state index contributed by atoms with van der Waals surface area (Å²) >= 11 is 11.8. The quantitative estimate of drug-likeness (QED) is 0.452. The van der Waals surface area contributed by atoms with Crippen LogP contribution in [0.5, 0.6) is 0 Å². The van der Waals surface area contributed by atoms with Crippen LogP contribution in [0.15, 0.2) is 43.0 Å². The molecule has 0 radical (unpaired) electrons. The topological polar surface area (TPSA) is 26.0 Å². The molecule has 2 unspecified atom stereocenters. The van der Waals surface area contributed by atoms with Crippen LogP contribution in [-0.2, 0) is 0 Å². The molecule has 0 spiro atoms. The molecule has 0 saturated heterocycles. The van der Waals surface area contributed by atoms with E-state index in [1.807, 2.05) is 0 Å². The maximum Gasteiger partial charge on any atom is 0.399 e. The number of alkyl halides is 4. The molecule has 0 aliphatic carbocycles. The maximum atomic E-state index is 14.8. The van der Waals surface area contributed by atoms with Crippen LogP contribution in [-0.4, -0.2) is 12.7 Å². The molecule has 2 aromatic rings. The van der Waals surface area contributed by atoms with Crippen molar-refractivity contribution in [1.29, 1.82) is 0 Å². The van der Waals surface area contributed by atoms with E-state index < -0.39 is 24.1 Å². The first-order valence-electron chi connectivity index (χ1n) is 8.50. The fourth-order valence-electron chi connectivity index (χ4n) is 2.86. The molecule has 0 aliphatic heterocycles. The van der Waals surface area contributed by atoms with Crippen LogP contribution in [0, 0.1) is 6.92 Å². The lowest BCUT2D eigenvalue weighted by atomic mass is 9.94. The van der Waals surface area contributed by atoms with Crippen LogP contribution in [0.3, 0.4) is 0 Å². The van der Waals surface area contributed by atoms with Crippen molar-refractivity contribution in [1.82, 2.24) is 0 Å². The molecule has 0 heterocycles. The highest BCUT2D eigenvalue weighted by Crippen LogP contribution is 2.41. The van der Waals surface area contributed by atoms with E-state index in [4.69, 9.17) is 28.9 Å². The van der Waals surface area contributed by atoms with Crippen LogP contribution in [0.4, 0.5) is 22.0 Å². The van der Waals surface area contributed by atoms with Gasteiger partial charge in [-0.3, -0.25) is 0 Å². The third kappa shape index (κ3) is 5.38. The summed E-state index contributed by atoms with van der Waals surface area (Å²) < 4.78 is 69.8. The first kappa shape index (κ1) is 23.4. The summed E-state index contributed by atoms with van der Waals surface area (Å²) in [6.45, 7) is 4.68. The van der Waals surface area contributed by atoms with Crippen molar-refractivity contribution in [3.8, 4) is 0 Å². The van der Waals surface area contributed by atoms with Crippen LogP contribution in [0.1, 0.15) is 39.9 Å². The van der Waals surface area contributed by atoms with Gasteiger partial charge in [0.25, 0.3) is 0 Å². The number of aryl methyl sites for hydroxylation is 1. The van der Waals surface area contributed by atoms with Crippen molar-refractivity contribution in [3.63, 3.8) is 0 Å². The average molecular weight is 450 g/mol. The molecule has 2 atom stereocenters. The van der Waals surface area contributed by atoms with Gasteiger partial charge >= 0.3 is 6.18 Å². The van der Waals surface area contributed by atoms with E-state index in [1.165, 1.54) is 31.2 Å². The number of nitrogens with two attached hydrogens (primary N) is 1. The van der Waals surface area contributed by atoms with Crippen LogP contribution in [0.2, 0.25) is 10.0 Å². The van der Waals surface area contributed by atoms with Gasteiger partial charge in [0.2, 0.25) is 0 Å². The third-order valence-corrected chi connectivity index (χ3v) is 5.28. The Labute approximate surface area is 175 Å². The second-order valence-electron chi connectivity index (χ2n) is 6.42. The Kier molecular flexibility index (Phi) is 7.49. The molecule has 0 aliphatic rings. The second-order valence-corrected chi connectivity index (χ2v) is 7.20. The number of hydrogen-bond acceptors (Lipinski definition) is 1. The van der Waals surface area contributed by atoms with Crippen molar-refractivity contribution in [2.75, 3.05) is 6.54 Å². The normalized spacial score (nSPS) is 14.6. The molecule has 0 aromatic heterocycles. The van der Waals surface area contributed by atoms with Crippen molar-refractivity contribution in [2.45, 2.75) is 25.2 Å². The van der Waals surface area contributed by atoms with E-state index in [0.29, 0.717) is 17.2 Å². The van der Waals surface area contributed by atoms with Gasteiger partial charge < -0.3 is 5.73 Å². The van der Waals surface area contributed by atoms with Crippen molar-refractivity contribution in [3.05, 3.63) is 80.8 Å². The number of benzene rings is 2. The predicted octanol–water partition coefficient (Wildman–Crippen LogP) is 7.57. The van der Waals surface area contributed by atoms with Crippen LogP contribution >= 0.6 is 23.2 Å². The molecule has 0 amide bonds. The van der Waals surface area contributed by atoms with Crippen LogP contribution < -0.4 is 5.73 Å². The highest BCUT2D eigenvalue weighted by molar-refractivity contribution is 6.42. The van der Waals surface area contributed by atoms with E-state index in [2.05, 4.69) is 6.58 Å². The molecule has 29 heavy (non-hydrogen) atoms. The standard InChI is InChI=1S/C21H18Cl2F5N/c1-3-12-4-5-13(7-15(12)19(25)10-29)18(24)9-16(21(26,27)28)14-6-11(2)20(23)17(22)8-14/h3-9,16,19H,1,10,29H2,2H3/b18-9-. The molecule has 1 nitrogen and oxygen atoms in total. The Bertz CT molecular complexity index is 914. The molecule has 8 heteroatoms. The fraction of sp³-hybridized carbons (Fsp3) is 0.238. The van der Waals surface area contributed by atoms with Gasteiger partial charge in [0.05, 0.1) is 10.0 Å². The summed E-state index contributed by atoms with van der Waals surface area (Å²) in [6, 6.07) is 6.02. The zero-order chi connectivity index (χ0) is 21.9. The SMILES string of the molecule is C=Cc1ccc(/C(F)=C/C(c2cc(C)c(Cl)c(Cl)c2)C(F)(F)F)cc1C(F)CN. The predicted molar refractivity (Wildman–Crippen MR) is 109 cm³/mol. The summed E-state index contributed by atoms with van der Waals surface area (Å²) in [5.74, 6) is -3.42. The highest BCUT2D eigenvalue weighted by Gasteiger charge is 2.40. The van der Waals surface area contributed by atoms with Crippen molar-refractivity contribution < 1.29 is 22.0 Å². The average Bonchev–Trinajstić information content (AvgIpc) is 2.67. The summed E-state index contributed by atoms with van der Waals surface area (Å²) in [5.41, 5.74) is 5.63. The third-order valence-electron chi connectivity index (χ3n) is 4.38. The fourth-order valence-corrected chi connectivity index (χ4v) is 3.25. The minimum absolute atomic E-state index is 0.0532. The minimum atomic E-state index is -4.79. The molecule has 2 N–H and O–H groups in total. The molecule has 0 bridgehead atoms. The van der Waals surface area contributed by atoms with Crippen LogP contribution in [0.25, 0.3) is 11.9 Å². The monoisotopic (exact) mass is 449 g/mol. The van der Waals surface area contributed by atoms with E-state index in [0.717, 1.165) is 12.1 Å². The number of allylic oxidation sites excluding steroid dienone is 1. The lowest BCUT2D eigenvalue weighted by Gasteiger charge is -2.19. The van der Waals surface area contributed by atoms with Crippen molar-refractivity contribution >= 4 is 35.1 Å². The summed E-state index contributed by atoms with van der Waals surface area (Å²) in [5, 5.41) is 0.0618. The lowest BCUT2D eigenvalue weighted by molar-refractivity contribution is -0.139. The second kappa shape index (κ2) is 9.28. The Morgan fingerprint density at radius 3 is 2.38 bits per heavy atom. The minimum Gasteiger partial charge on any atom is -0.327 e.